The van der Waals surface area contributed by atoms with Crippen molar-refractivity contribution in [2.75, 3.05) is 42.3 Å². The molecule has 1 saturated heterocycles. The maximum atomic E-state index is 12.3. The molecular weight excluding hydrogens is 388 g/mol. The molecule has 2 aromatic carbocycles. The molecule has 2 aromatic rings. The molecule has 0 radical (unpaired) electrons. The van der Waals surface area contributed by atoms with E-state index >= 15 is 0 Å². The van der Waals surface area contributed by atoms with Gasteiger partial charge in [-0.2, -0.15) is 0 Å². The van der Waals surface area contributed by atoms with Gasteiger partial charge in [-0.05, 0) is 43.3 Å². The summed E-state index contributed by atoms with van der Waals surface area (Å²) in [6, 6.07) is 17.5. The van der Waals surface area contributed by atoms with Crippen LogP contribution in [0.15, 0.2) is 59.5 Å². The van der Waals surface area contributed by atoms with E-state index in [9.17, 15) is 9.59 Å². The molecule has 0 aromatic heterocycles. The van der Waals surface area contributed by atoms with Crippen LogP contribution >= 0.6 is 11.8 Å². The van der Waals surface area contributed by atoms with Crippen molar-refractivity contribution in [1.82, 2.24) is 0 Å². The Labute approximate surface area is 175 Å². The number of ether oxygens (including phenoxy) is 2. The van der Waals surface area contributed by atoms with Crippen LogP contribution in [0.3, 0.4) is 0 Å². The lowest BCUT2D eigenvalue weighted by Gasteiger charge is -2.28. The summed E-state index contributed by atoms with van der Waals surface area (Å²) in [5.41, 5.74) is 1.77. The van der Waals surface area contributed by atoms with Gasteiger partial charge in [0.05, 0.1) is 19.6 Å². The van der Waals surface area contributed by atoms with Crippen LogP contribution in [-0.2, 0) is 19.1 Å². The average Bonchev–Trinajstić information content (AvgIpc) is 2.75. The predicted octanol–water partition coefficient (Wildman–Crippen LogP) is 3.58. The summed E-state index contributed by atoms with van der Waals surface area (Å²) in [4.78, 5) is 27.6. The lowest BCUT2D eigenvalue weighted by atomic mass is 10.2. The standard InChI is InChI=1S/C22H26N2O4S/c1-17(28-21(25)11-16-29-20-5-3-2-4-6-20)22(26)23-18-7-9-19(10-8-18)24-12-14-27-15-13-24/h2-10,17H,11-16H2,1H3,(H,23,26)/t17-/m1/s1. The zero-order valence-corrected chi connectivity index (χ0v) is 17.3. The zero-order chi connectivity index (χ0) is 20.5. The molecule has 1 fully saturated rings. The number of nitrogens with zero attached hydrogens (tertiary/aromatic N) is 1. The highest BCUT2D eigenvalue weighted by Gasteiger charge is 2.18. The summed E-state index contributed by atoms with van der Waals surface area (Å²) in [5.74, 6) is -0.105. The van der Waals surface area contributed by atoms with Gasteiger partial charge in [0.2, 0.25) is 0 Å². The van der Waals surface area contributed by atoms with Crippen LogP contribution in [0.2, 0.25) is 0 Å². The van der Waals surface area contributed by atoms with E-state index in [-0.39, 0.29) is 18.3 Å². The third-order valence-corrected chi connectivity index (χ3v) is 5.52. The van der Waals surface area contributed by atoms with Crippen molar-refractivity contribution in [3.05, 3.63) is 54.6 Å². The van der Waals surface area contributed by atoms with E-state index in [0.29, 0.717) is 11.4 Å². The molecule has 1 heterocycles. The molecule has 1 N–H and O–H groups in total. The van der Waals surface area contributed by atoms with Gasteiger partial charge in [0.15, 0.2) is 6.10 Å². The van der Waals surface area contributed by atoms with E-state index < -0.39 is 6.10 Å². The van der Waals surface area contributed by atoms with Gasteiger partial charge in [-0.25, -0.2) is 0 Å². The number of nitrogens with one attached hydrogen (secondary N) is 1. The Bertz CT molecular complexity index is 792. The smallest absolute Gasteiger partial charge is 0.307 e. The maximum absolute atomic E-state index is 12.3. The molecule has 3 rings (SSSR count). The molecule has 0 aliphatic carbocycles. The Morgan fingerprint density at radius 1 is 1.10 bits per heavy atom. The molecule has 6 nitrogen and oxygen atoms in total. The number of rotatable bonds is 8. The van der Waals surface area contributed by atoms with Gasteiger partial charge in [-0.3, -0.25) is 9.59 Å². The molecule has 0 unspecified atom stereocenters. The number of thioether (sulfide) groups is 1. The average molecular weight is 415 g/mol. The van der Waals surface area contributed by atoms with E-state index in [1.54, 1.807) is 18.7 Å². The van der Waals surface area contributed by atoms with Crippen LogP contribution in [-0.4, -0.2) is 50.0 Å². The van der Waals surface area contributed by atoms with E-state index in [0.717, 1.165) is 36.9 Å². The molecule has 7 heteroatoms. The topological polar surface area (TPSA) is 67.9 Å². The molecule has 1 aliphatic heterocycles. The van der Waals surface area contributed by atoms with Gasteiger partial charge in [0.25, 0.3) is 5.91 Å². The fourth-order valence-electron chi connectivity index (χ4n) is 2.90. The van der Waals surface area contributed by atoms with Crippen molar-refractivity contribution >= 4 is 35.0 Å². The quantitative estimate of drug-likeness (QED) is 0.526. The number of hydrogen-bond acceptors (Lipinski definition) is 6. The van der Waals surface area contributed by atoms with Gasteiger partial charge in [0, 0.05) is 35.1 Å². The molecule has 1 aliphatic rings. The van der Waals surface area contributed by atoms with Crippen LogP contribution < -0.4 is 10.2 Å². The van der Waals surface area contributed by atoms with Crippen molar-refractivity contribution in [2.24, 2.45) is 0 Å². The lowest BCUT2D eigenvalue weighted by molar-refractivity contribution is -0.152. The Morgan fingerprint density at radius 3 is 2.48 bits per heavy atom. The van der Waals surface area contributed by atoms with Gasteiger partial charge >= 0.3 is 5.97 Å². The summed E-state index contributed by atoms with van der Waals surface area (Å²) >= 11 is 1.59. The Hall–Kier alpha value is -2.51. The van der Waals surface area contributed by atoms with E-state index in [1.165, 1.54) is 0 Å². The van der Waals surface area contributed by atoms with Crippen molar-refractivity contribution in [3.63, 3.8) is 0 Å². The molecule has 1 amide bonds. The maximum Gasteiger partial charge on any atom is 0.307 e. The van der Waals surface area contributed by atoms with Crippen LogP contribution in [0, 0.1) is 0 Å². The van der Waals surface area contributed by atoms with E-state index in [4.69, 9.17) is 9.47 Å². The number of carbonyl (C=O) groups excluding carboxylic acids is 2. The van der Waals surface area contributed by atoms with Crippen LogP contribution in [0.25, 0.3) is 0 Å². The van der Waals surface area contributed by atoms with E-state index in [1.807, 2.05) is 54.6 Å². The summed E-state index contributed by atoms with van der Waals surface area (Å²) in [7, 11) is 0. The monoisotopic (exact) mass is 414 g/mol. The molecular formula is C22H26N2O4S. The van der Waals surface area contributed by atoms with Crippen LogP contribution in [0.1, 0.15) is 13.3 Å². The molecule has 29 heavy (non-hydrogen) atoms. The number of anilines is 2. The summed E-state index contributed by atoms with van der Waals surface area (Å²) in [6.45, 7) is 4.76. The second-order valence-electron chi connectivity index (χ2n) is 6.68. The van der Waals surface area contributed by atoms with Gasteiger partial charge in [-0.1, -0.05) is 18.2 Å². The summed E-state index contributed by atoms with van der Waals surface area (Å²) in [5, 5.41) is 2.79. The number of amides is 1. The van der Waals surface area contributed by atoms with Gasteiger partial charge < -0.3 is 19.7 Å². The number of benzene rings is 2. The first-order chi connectivity index (χ1) is 14.1. The second-order valence-corrected chi connectivity index (χ2v) is 7.85. The van der Waals surface area contributed by atoms with Crippen molar-refractivity contribution in [2.45, 2.75) is 24.3 Å². The van der Waals surface area contributed by atoms with Crippen LogP contribution in [0.5, 0.6) is 0 Å². The first-order valence-electron chi connectivity index (χ1n) is 9.73. The summed E-state index contributed by atoms with van der Waals surface area (Å²) in [6.07, 6.45) is -0.589. The molecule has 0 spiro atoms. The fourth-order valence-corrected chi connectivity index (χ4v) is 3.75. The minimum atomic E-state index is -0.844. The van der Waals surface area contributed by atoms with Gasteiger partial charge in [-0.15, -0.1) is 11.8 Å². The fraction of sp³-hybridized carbons (Fsp3) is 0.364. The predicted molar refractivity (Wildman–Crippen MR) is 115 cm³/mol. The SMILES string of the molecule is C[C@@H](OC(=O)CCSc1ccccc1)C(=O)Nc1ccc(N2CCOCC2)cc1. The number of morpholine rings is 1. The third kappa shape index (κ3) is 6.80. The van der Waals surface area contributed by atoms with Crippen molar-refractivity contribution < 1.29 is 19.1 Å². The Morgan fingerprint density at radius 2 is 1.79 bits per heavy atom. The molecule has 0 bridgehead atoms. The Kier molecular flexibility index (Phi) is 7.95. The minimum absolute atomic E-state index is 0.255. The summed E-state index contributed by atoms with van der Waals surface area (Å²) < 4.78 is 10.6. The highest BCUT2D eigenvalue weighted by atomic mass is 32.2. The first kappa shape index (κ1) is 21.2. The molecule has 154 valence electrons. The normalized spacial score (nSPS) is 14.9. The highest BCUT2D eigenvalue weighted by Crippen LogP contribution is 2.20. The Balaban J connectivity index is 1.40. The number of esters is 1. The second kappa shape index (κ2) is 10.9. The number of hydrogen-bond donors (Lipinski definition) is 1. The number of carbonyl (C=O) groups is 2. The largest absolute Gasteiger partial charge is 0.453 e. The van der Waals surface area contributed by atoms with Crippen molar-refractivity contribution in [3.8, 4) is 0 Å². The van der Waals surface area contributed by atoms with Crippen molar-refractivity contribution in [1.29, 1.82) is 0 Å². The molecule has 0 saturated carbocycles. The minimum Gasteiger partial charge on any atom is -0.453 e. The highest BCUT2D eigenvalue weighted by molar-refractivity contribution is 7.99. The van der Waals surface area contributed by atoms with E-state index in [2.05, 4.69) is 10.2 Å². The first-order valence-corrected chi connectivity index (χ1v) is 10.7. The third-order valence-electron chi connectivity index (χ3n) is 4.51. The zero-order valence-electron chi connectivity index (χ0n) is 16.5. The van der Waals surface area contributed by atoms with Gasteiger partial charge in [0.1, 0.15) is 0 Å². The van der Waals surface area contributed by atoms with Crippen LogP contribution in [0.4, 0.5) is 11.4 Å². The lowest BCUT2D eigenvalue weighted by Crippen LogP contribution is -2.36. The molecule has 1 atom stereocenters.